The van der Waals surface area contributed by atoms with E-state index in [9.17, 15) is 18.0 Å². The number of alkyl halides is 3. The maximum atomic E-state index is 12.3. The number of carbonyl (C=O) groups is 1. The normalized spacial score (nSPS) is 19.0. The highest BCUT2D eigenvalue weighted by molar-refractivity contribution is 5.78. The van der Waals surface area contributed by atoms with Crippen LogP contribution in [0.5, 0.6) is 5.75 Å². The summed E-state index contributed by atoms with van der Waals surface area (Å²) in [4.78, 5) is 10.9. The summed E-state index contributed by atoms with van der Waals surface area (Å²) >= 11 is 0. The molecule has 32 heavy (non-hydrogen) atoms. The van der Waals surface area contributed by atoms with E-state index in [4.69, 9.17) is 0 Å². The molecule has 3 rings (SSSR count). The Morgan fingerprint density at radius 2 is 1.41 bits per heavy atom. The molecule has 2 nitrogen and oxygen atoms in total. The van der Waals surface area contributed by atoms with Gasteiger partial charge >= 0.3 is 12.1 Å². The van der Waals surface area contributed by atoms with Gasteiger partial charge in [0, 0.05) is 0 Å². The van der Waals surface area contributed by atoms with E-state index in [2.05, 4.69) is 35.9 Å². The molecule has 2 aromatic carbocycles. The zero-order valence-electron chi connectivity index (χ0n) is 18.8. The summed E-state index contributed by atoms with van der Waals surface area (Å²) in [7, 11) is 0. The quantitative estimate of drug-likeness (QED) is 0.219. The van der Waals surface area contributed by atoms with Crippen molar-refractivity contribution in [2.75, 3.05) is 0 Å². The minimum atomic E-state index is -5.00. The van der Waals surface area contributed by atoms with Crippen LogP contribution >= 0.6 is 0 Å². The van der Waals surface area contributed by atoms with Crippen LogP contribution in [0.25, 0.3) is 11.1 Å². The zero-order valence-corrected chi connectivity index (χ0v) is 18.8. The first-order valence-corrected chi connectivity index (χ1v) is 11.9. The molecule has 1 aliphatic carbocycles. The number of unbranched alkanes of at least 4 members (excludes halogenated alkanes) is 4. The van der Waals surface area contributed by atoms with Crippen LogP contribution in [0.2, 0.25) is 0 Å². The zero-order chi connectivity index (χ0) is 23.0. The topological polar surface area (TPSA) is 26.3 Å². The van der Waals surface area contributed by atoms with Crippen LogP contribution in [-0.2, 0) is 4.79 Å². The fraction of sp³-hybridized carbons (Fsp3) is 0.519. The number of ether oxygens (including phenoxy) is 1. The molecule has 0 saturated heterocycles. The standard InChI is InChI=1S/C27H33F3O2/c1-2-3-4-5-6-7-20-8-10-21(11-9-20)22-12-14-23(15-13-22)24-16-18-25(19-17-24)32-26(31)27(28,29)30/h12-21H,2-11H2,1H3. The highest BCUT2D eigenvalue weighted by Crippen LogP contribution is 2.38. The van der Waals surface area contributed by atoms with Crippen molar-refractivity contribution in [3.8, 4) is 16.9 Å². The van der Waals surface area contributed by atoms with Crippen LogP contribution in [-0.4, -0.2) is 12.1 Å². The van der Waals surface area contributed by atoms with Gasteiger partial charge in [-0.25, -0.2) is 4.79 Å². The van der Waals surface area contributed by atoms with E-state index in [0.717, 1.165) is 17.0 Å². The molecule has 0 aliphatic heterocycles. The third-order valence-electron chi connectivity index (χ3n) is 6.57. The maximum absolute atomic E-state index is 12.3. The summed E-state index contributed by atoms with van der Waals surface area (Å²) < 4.78 is 41.3. The molecule has 0 radical (unpaired) electrons. The molecule has 1 aliphatic rings. The second kappa shape index (κ2) is 11.5. The van der Waals surface area contributed by atoms with Crippen LogP contribution in [0.3, 0.4) is 0 Å². The van der Waals surface area contributed by atoms with E-state index < -0.39 is 12.1 Å². The molecular weight excluding hydrogens is 413 g/mol. The van der Waals surface area contributed by atoms with E-state index >= 15 is 0 Å². The Morgan fingerprint density at radius 3 is 1.97 bits per heavy atom. The molecule has 0 spiro atoms. The Hall–Kier alpha value is -2.30. The summed E-state index contributed by atoms with van der Waals surface area (Å²) in [5.74, 6) is -0.822. The molecule has 0 N–H and O–H groups in total. The van der Waals surface area contributed by atoms with Crippen molar-refractivity contribution in [2.24, 2.45) is 5.92 Å². The first-order chi connectivity index (χ1) is 15.4. The monoisotopic (exact) mass is 446 g/mol. The van der Waals surface area contributed by atoms with Crippen molar-refractivity contribution >= 4 is 5.97 Å². The average molecular weight is 447 g/mol. The van der Waals surface area contributed by atoms with Crippen LogP contribution in [0.15, 0.2) is 48.5 Å². The molecule has 0 atom stereocenters. The van der Waals surface area contributed by atoms with Crippen molar-refractivity contribution in [3.05, 3.63) is 54.1 Å². The molecule has 1 fully saturated rings. The number of carbonyl (C=O) groups excluding carboxylic acids is 1. The predicted octanol–water partition coefficient (Wildman–Crippen LogP) is 8.46. The van der Waals surface area contributed by atoms with Gasteiger partial charge in [0.1, 0.15) is 5.75 Å². The van der Waals surface area contributed by atoms with E-state index in [1.165, 1.54) is 81.9 Å². The Bertz CT molecular complexity index is 833. The first-order valence-electron chi connectivity index (χ1n) is 11.9. The third kappa shape index (κ3) is 7.11. The van der Waals surface area contributed by atoms with Gasteiger partial charge in [-0.1, -0.05) is 81.8 Å². The van der Waals surface area contributed by atoms with E-state index in [0.29, 0.717) is 5.92 Å². The second-order valence-corrected chi connectivity index (χ2v) is 8.95. The van der Waals surface area contributed by atoms with Crippen molar-refractivity contribution in [2.45, 2.75) is 83.2 Å². The largest absolute Gasteiger partial charge is 0.491 e. The minimum Gasteiger partial charge on any atom is -0.420 e. The summed E-state index contributed by atoms with van der Waals surface area (Å²) in [5.41, 5.74) is 3.23. The van der Waals surface area contributed by atoms with Crippen molar-refractivity contribution < 1.29 is 22.7 Å². The van der Waals surface area contributed by atoms with Gasteiger partial charge in [0.25, 0.3) is 0 Å². The predicted molar refractivity (Wildman–Crippen MR) is 122 cm³/mol. The van der Waals surface area contributed by atoms with E-state index in [1.54, 1.807) is 12.1 Å². The van der Waals surface area contributed by atoms with Crippen molar-refractivity contribution in [1.29, 1.82) is 0 Å². The molecular formula is C27H33F3O2. The number of hydrogen-bond donors (Lipinski definition) is 0. The first kappa shape index (κ1) is 24.3. The summed E-state index contributed by atoms with van der Waals surface area (Å²) in [6.45, 7) is 2.25. The molecule has 0 bridgehead atoms. The highest BCUT2D eigenvalue weighted by atomic mass is 19.4. The number of halogens is 3. The minimum absolute atomic E-state index is 0.116. The number of hydrogen-bond acceptors (Lipinski definition) is 2. The van der Waals surface area contributed by atoms with Gasteiger partial charge in [0.05, 0.1) is 0 Å². The number of rotatable bonds is 9. The summed E-state index contributed by atoms with van der Waals surface area (Å²) in [5, 5.41) is 0. The summed E-state index contributed by atoms with van der Waals surface area (Å²) in [6.07, 6.45) is 8.29. The molecule has 0 heterocycles. The van der Waals surface area contributed by atoms with E-state index in [1.807, 2.05) is 0 Å². The maximum Gasteiger partial charge on any atom is 0.491 e. The lowest BCUT2D eigenvalue weighted by Crippen LogP contribution is -2.27. The molecule has 5 heteroatoms. The summed E-state index contributed by atoms with van der Waals surface area (Å²) in [6, 6.07) is 14.6. The van der Waals surface area contributed by atoms with Crippen LogP contribution in [0, 0.1) is 5.92 Å². The molecule has 0 aromatic heterocycles. The number of esters is 1. The van der Waals surface area contributed by atoms with Gasteiger partial charge in [0.15, 0.2) is 0 Å². The van der Waals surface area contributed by atoms with Crippen LogP contribution < -0.4 is 4.74 Å². The van der Waals surface area contributed by atoms with Gasteiger partial charge < -0.3 is 4.74 Å². The highest BCUT2D eigenvalue weighted by Gasteiger charge is 2.41. The van der Waals surface area contributed by atoms with Gasteiger partial charge in [-0.2, -0.15) is 13.2 Å². The Morgan fingerprint density at radius 1 is 0.844 bits per heavy atom. The molecule has 174 valence electrons. The smallest absolute Gasteiger partial charge is 0.420 e. The molecule has 0 amide bonds. The van der Waals surface area contributed by atoms with Crippen molar-refractivity contribution in [3.63, 3.8) is 0 Å². The van der Waals surface area contributed by atoms with Gasteiger partial charge in [0.2, 0.25) is 0 Å². The lowest BCUT2D eigenvalue weighted by molar-refractivity contribution is -0.189. The van der Waals surface area contributed by atoms with E-state index in [-0.39, 0.29) is 5.75 Å². The third-order valence-corrected chi connectivity index (χ3v) is 6.57. The Balaban J connectivity index is 1.49. The SMILES string of the molecule is CCCCCCCC1CCC(c2ccc(-c3ccc(OC(=O)C(F)(F)F)cc3)cc2)CC1. The Labute approximate surface area is 189 Å². The molecule has 1 saturated carbocycles. The lowest BCUT2D eigenvalue weighted by Gasteiger charge is -2.29. The fourth-order valence-electron chi connectivity index (χ4n) is 4.65. The van der Waals surface area contributed by atoms with Gasteiger partial charge in [-0.3, -0.25) is 0 Å². The van der Waals surface area contributed by atoms with Crippen LogP contribution in [0.1, 0.15) is 82.6 Å². The van der Waals surface area contributed by atoms with Gasteiger partial charge in [-0.15, -0.1) is 0 Å². The Kier molecular flexibility index (Phi) is 8.77. The van der Waals surface area contributed by atoms with Crippen molar-refractivity contribution in [1.82, 2.24) is 0 Å². The molecule has 0 unspecified atom stereocenters. The lowest BCUT2D eigenvalue weighted by atomic mass is 9.77. The molecule has 2 aromatic rings. The van der Waals surface area contributed by atoms with Gasteiger partial charge in [-0.05, 0) is 66.3 Å². The number of benzene rings is 2. The fourth-order valence-corrected chi connectivity index (χ4v) is 4.65. The average Bonchev–Trinajstić information content (AvgIpc) is 2.79. The van der Waals surface area contributed by atoms with Crippen LogP contribution in [0.4, 0.5) is 13.2 Å². The second-order valence-electron chi connectivity index (χ2n) is 8.95.